The summed E-state index contributed by atoms with van der Waals surface area (Å²) >= 11 is 1.66. The van der Waals surface area contributed by atoms with Crippen molar-refractivity contribution < 1.29 is 28.2 Å². The van der Waals surface area contributed by atoms with Crippen LogP contribution in [0.1, 0.15) is 47.1 Å². The van der Waals surface area contributed by atoms with E-state index in [-0.39, 0.29) is 49.7 Å². The molecule has 0 spiro atoms. The first-order valence-corrected chi connectivity index (χ1v) is 13.3. The molecule has 3 aromatic rings. The molecule has 2 aliphatic heterocycles. The van der Waals surface area contributed by atoms with Gasteiger partial charge in [-0.1, -0.05) is 13.0 Å². The monoisotopic (exact) mass is 524 g/mol. The molecule has 1 aromatic heterocycles. The highest BCUT2D eigenvalue weighted by Gasteiger charge is 2.34. The average molecular weight is 525 g/mol. The van der Waals surface area contributed by atoms with Crippen molar-refractivity contribution in [2.24, 2.45) is 0 Å². The van der Waals surface area contributed by atoms with Crippen molar-refractivity contribution in [1.29, 1.82) is 0 Å². The Balaban J connectivity index is 1.36. The predicted octanol–water partition coefficient (Wildman–Crippen LogP) is 5.06. The summed E-state index contributed by atoms with van der Waals surface area (Å²) in [6, 6.07) is 12.6. The largest absolute Gasteiger partial charge is 0.491 e. The normalized spacial score (nSPS) is 16.7. The van der Waals surface area contributed by atoms with E-state index in [4.69, 9.17) is 14.2 Å². The van der Waals surface area contributed by atoms with Crippen LogP contribution in [0.25, 0.3) is 0 Å². The van der Waals surface area contributed by atoms with Gasteiger partial charge in [-0.05, 0) is 67.1 Å². The molecule has 9 heteroatoms. The first-order valence-electron chi connectivity index (χ1n) is 12.4. The van der Waals surface area contributed by atoms with Gasteiger partial charge in [-0.2, -0.15) is 0 Å². The molecule has 7 nitrogen and oxygen atoms in total. The number of hydrogen-bond donors (Lipinski definition) is 0. The van der Waals surface area contributed by atoms with Crippen molar-refractivity contribution >= 4 is 23.2 Å². The van der Waals surface area contributed by atoms with E-state index in [0.29, 0.717) is 35.8 Å². The molecule has 2 aromatic carbocycles. The Hall–Kier alpha value is -3.59. The van der Waals surface area contributed by atoms with Crippen molar-refractivity contribution in [3.63, 3.8) is 0 Å². The highest BCUT2D eigenvalue weighted by molar-refractivity contribution is 7.10. The maximum Gasteiger partial charge on any atom is 0.254 e. The number of amides is 2. The van der Waals surface area contributed by atoms with Gasteiger partial charge in [0.1, 0.15) is 24.7 Å². The second kappa shape index (κ2) is 10.8. The number of ether oxygens (including phenoxy) is 3. The number of thiophene rings is 1. The molecule has 0 fully saturated rings. The van der Waals surface area contributed by atoms with E-state index in [1.54, 1.807) is 51.5 Å². The number of nitrogens with zero attached hydrogens (tertiary/aromatic N) is 2. The molecule has 2 aliphatic rings. The van der Waals surface area contributed by atoms with Crippen LogP contribution in [0, 0.1) is 5.82 Å². The van der Waals surface area contributed by atoms with Crippen LogP contribution in [0.2, 0.25) is 0 Å². The zero-order chi connectivity index (χ0) is 25.9. The van der Waals surface area contributed by atoms with Gasteiger partial charge >= 0.3 is 0 Å². The van der Waals surface area contributed by atoms with Gasteiger partial charge in [0.25, 0.3) is 5.91 Å². The Bertz CT molecular complexity index is 1300. The van der Waals surface area contributed by atoms with Gasteiger partial charge in [0, 0.05) is 29.1 Å². The molecule has 0 unspecified atom stereocenters. The predicted molar refractivity (Wildman–Crippen MR) is 138 cm³/mol. The van der Waals surface area contributed by atoms with Gasteiger partial charge in [-0.25, -0.2) is 4.39 Å². The van der Waals surface area contributed by atoms with Gasteiger partial charge < -0.3 is 24.0 Å². The van der Waals surface area contributed by atoms with E-state index in [1.807, 2.05) is 25.3 Å². The van der Waals surface area contributed by atoms with Crippen molar-refractivity contribution in [3.8, 4) is 17.2 Å². The summed E-state index contributed by atoms with van der Waals surface area (Å²) < 4.78 is 30.4. The summed E-state index contributed by atoms with van der Waals surface area (Å²) in [7, 11) is 0. The number of hydrogen-bond acceptors (Lipinski definition) is 6. The van der Waals surface area contributed by atoms with E-state index < -0.39 is 0 Å². The number of carbonyl (C=O) groups excluding carboxylic acids is 2. The summed E-state index contributed by atoms with van der Waals surface area (Å²) in [5.74, 6) is 0.770. The molecular formula is C28H29FN2O5S. The van der Waals surface area contributed by atoms with Gasteiger partial charge in [0.05, 0.1) is 6.04 Å². The zero-order valence-electron chi connectivity index (χ0n) is 20.8. The molecule has 0 saturated heterocycles. The summed E-state index contributed by atoms with van der Waals surface area (Å²) in [4.78, 5) is 31.9. The van der Waals surface area contributed by atoms with Gasteiger partial charge in [-0.3, -0.25) is 9.59 Å². The van der Waals surface area contributed by atoms with Gasteiger partial charge in [-0.15, -0.1) is 11.3 Å². The molecule has 194 valence electrons. The Morgan fingerprint density at radius 1 is 1.19 bits per heavy atom. The molecule has 3 heterocycles. The molecule has 0 radical (unpaired) electrons. The molecule has 5 rings (SSSR count). The maximum atomic E-state index is 13.7. The fourth-order valence-corrected chi connectivity index (χ4v) is 5.61. The Kier molecular flexibility index (Phi) is 7.32. The average Bonchev–Trinajstić information content (AvgIpc) is 3.58. The quantitative estimate of drug-likeness (QED) is 0.412. The molecule has 0 N–H and O–H groups in total. The first kappa shape index (κ1) is 25.1. The minimum Gasteiger partial charge on any atom is -0.491 e. The highest BCUT2D eigenvalue weighted by Crippen LogP contribution is 2.35. The highest BCUT2D eigenvalue weighted by atomic mass is 32.1. The van der Waals surface area contributed by atoms with Crippen LogP contribution in [0.5, 0.6) is 17.2 Å². The third-order valence-corrected chi connectivity index (χ3v) is 7.92. The minimum absolute atomic E-state index is 0.0573. The molecule has 2 atom stereocenters. The zero-order valence-corrected chi connectivity index (χ0v) is 21.6. The first-order chi connectivity index (χ1) is 17.9. The lowest BCUT2D eigenvalue weighted by atomic mass is 10.00. The molecular weight excluding hydrogens is 495 g/mol. The lowest BCUT2D eigenvalue weighted by molar-refractivity contribution is -0.136. The smallest absolute Gasteiger partial charge is 0.254 e. The van der Waals surface area contributed by atoms with E-state index in [9.17, 15) is 14.0 Å². The van der Waals surface area contributed by atoms with Crippen LogP contribution >= 0.6 is 11.3 Å². The van der Waals surface area contributed by atoms with Crippen molar-refractivity contribution in [1.82, 2.24) is 9.80 Å². The van der Waals surface area contributed by atoms with E-state index >= 15 is 0 Å². The number of fused-ring (bicyclic) bond motifs is 2. The van der Waals surface area contributed by atoms with E-state index in [1.165, 1.54) is 17.0 Å². The van der Waals surface area contributed by atoms with Crippen molar-refractivity contribution in [2.45, 2.75) is 38.8 Å². The number of carbonyl (C=O) groups is 2. The third kappa shape index (κ3) is 5.27. The lowest BCUT2D eigenvalue weighted by Gasteiger charge is -2.38. The topological polar surface area (TPSA) is 68.3 Å². The molecule has 0 saturated carbocycles. The SMILES string of the molecule is CC[C@@H](C)N(CC(=O)N1CCc2sccc2[C@@H]1COc1cccc(F)c1)C(=O)c1ccc2c(c1)OCO2. The standard InChI is InChI=1S/C28H29FN2O5S/c1-3-18(2)31(28(33)19-7-8-24-25(13-19)36-17-35-24)15-27(32)30-11-9-26-22(10-12-37-26)23(30)16-34-21-6-4-5-20(29)14-21/h4-8,10,12-14,18,23H,3,9,11,15-17H2,1-2H3/t18-,23+/m1/s1. The van der Waals surface area contributed by atoms with Gasteiger partial charge in [0.2, 0.25) is 12.7 Å². The molecule has 0 aliphatic carbocycles. The summed E-state index contributed by atoms with van der Waals surface area (Å²) in [6.45, 7) is 4.71. The van der Waals surface area contributed by atoms with Crippen molar-refractivity contribution in [3.05, 3.63) is 75.7 Å². The number of benzene rings is 2. The van der Waals surface area contributed by atoms with Crippen LogP contribution in [0.15, 0.2) is 53.9 Å². The Labute approximate surface area is 219 Å². The number of halogens is 1. The van der Waals surface area contributed by atoms with E-state index in [0.717, 1.165) is 12.0 Å². The van der Waals surface area contributed by atoms with Crippen LogP contribution in [-0.4, -0.2) is 54.1 Å². The lowest BCUT2D eigenvalue weighted by Crippen LogP contribution is -2.49. The Morgan fingerprint density at radius 2 is 2.03 bits per heavy atom. The van der Waals surface area contributed by atoms with Crippen LogP contribution < -0.4 is 14.2 Å². The number of rotatable bonds is 8. The minimum atomic E-state index is -0.378. The third-order valence-electron chi connectivity index (χ3n) is 6.93. The van der Waals surface area contributed by atoms with Crippen LogP contribution in [0.3, 0.4) is 0 Å². The Morgan fingerprint density at radius 3 is 2.84 bits per heavy atom. The van der Waals surface area contributed by atoms with Crippen molar-refractivity contribution in [2.75, 3.05) is 26.5 Å². The fraction of sp³-hybridized carbons (Fsp3) is 0.357. The maximum absolute atomic E-state index is 13.7. The van der Waals surface area contributed by atoms with E-state index in [2.05, 4.69) is 0 Å². The van der Waals surface area contributed by atoms with Crippen LogP contribution in [-0.2, 0) is 11.2 Å². The second-order valence-electron chi connectivity index (χ2n) is 9.18. The summed E-state index contributed by atoms with van der Waals surface area (Å²) in [5, 5.41) is 2.02. The fourth-order valence-electron chi connectivity index (χ4n) is 4.69. The molecule has 2 amide bonds. The molecule has 0 bridgehead atoms. The summed E-state index contributed by atoms with van der Waals surface area (Å²) in [6.07, 6.45) is 1.44. The van der Waals surface area contributed by atoms with Crippen LogP contribution in [0.4, 0.5) is 4.39 Å². The molecule has 37 heavy (non-hydrogen) atoms. The summed E-state index contributed by atoms with van der Waals surface area (Å²) in [5.41, 5.74) is 1.49. The van der Waals surface area contributed by atoms with Gasteiger partial charge in [0.15, 0.2) is 11.5 Å². The second-order valence-corrected chi connectivity index (χ2v) is 10.2.